The number of aryl methyl sites for hydroxylation is 1. The van der Waals surface area contributed by atoms with Crippen LogP contribution in [-0.4, -0.2) is 10.1 Å². The number of nitrogens with one attached hydrogen (secondary N) is 2. The lowest BCUT2D eigenvalue weighted by Crippen LogP contribution is -2.28. The molecule has 5 heteroatoms. The molecule has 0 aromatic heterocycles. The molecular formula is C17H16N2O2S. The molecule has 1 aliphatic heterocycles. The summed E-state index contributed by atoms with van der Waals surface area (Å²) in [6, 6.07) is 15.2. The van der Waals surface area contributed by atoms with Gasteiger partial charge in [0.1, 0.15) is 4.91 Å². The van der Waals surface area contributed by atoms with E-state index in [0.717, 1.165) is 11.3 Å². The molecule has 0 radical (unpaired) electrons. The predicted molar refractivity (Wildman–Crippen MR) is 87.6 cm³/mol. The quantitative estimate of drug-likeness (QED) is 0.916. The van der Waals surface area contributed by atoms with Crippen molar-refractivity contribution in [2.24, 2.45) is 0 Å². The maximum Gasteiger partial charge on any atom is 0.262 e. The van der Waals surface area contributed by atoms with Gasteiger partial charge in [-0.2, -0.15) is 0 Å². The molecule has 2 aromatic rings. The van der Waals surface area contributed by atoms with Crippen molar-refractivity contribution in [1.82, 2.24) is 5.32 Å². The second-order valence-corrected chi connectivity index (χ2v) is 6.50. The van der Waals surface area contributed by atoms with E-state index in [1.165, 1.54) is 11.8 Å². The molecule has 2 N–H and O–H groups in total. The van der Waals surface area contributed by atoms with Gasteiger partial charge in [0.15, 0.2) is 0 Å². The van der Waals surface area contributed by atoms with Crippen LogP contribution in [0.3, 0.4) is 0 Å². The molecule has 0 spiro atoms. The lowest BCUT2D eigenvalue weighted by atomic mass is 10.1. The van der Waals surface area contributed by atoms with Crippen LogP contribution in [0.15, 0.2) is 64.5 Å². The highest BCUT2D eigenvalue weighted by Gasteiger charge is 2.23. The number of carbonyl (C=O) groups is 1. The molecule has 112 valence electrons. The van der Waals surface area contributed by atoms with Gasteiger partial charge in [-0.25, -0.2) is 4.21 Å². The summed E-state index contributed by atoms with van der Waals surface area (Å²) in [6.45, 7) is 2.43. The number of carbonyl (C=O) groups excluding carboxylic acids is 1. The van der Waals surface area contributed by atoms with Crippen molar-refractivity contribution in [1.29, 1.82) is 0 Å². The largest absolute Gasteiger partial charge is 0.359 e. The minimum Gasteiger partial charge on any atom is -0.359 e. The summed E-state index contributed by atoms with van der Waals surface area (Å²) >= 11 is 0. The summed E-state index contributed by atoms with van der Waals surface area (Å²) in [4.78, 5) is 13.1. The molecule has 1 aliphatic rings. The number of hydrogen-bond acceptors (Lipinski definition) is 3. The Labute approximate surface area is 131 Å². The van der Waals surface area contributed by atoms with Gasteiger partial charge in [-0.15, -0.1) is 0 Å². The van der Waals surface area contributed by atoms with Crippen molar-refractivity contribution in [3.63, 3.8) is 0 Å². The highest BCUT2D eigenvalue weighted by Crippen LogP contribution is 2.27. The summed E-state index contributed by atoms with van der Waals surface area (Å²) in [5.74, 6) is -0.319. The first-order valence-electron chi connectivity index (χ1n) is 6.96. The molecule has 3 rings (SSSR count). The van der Waals surface area contributed by atoms with E-state index in [1.807, 2.05) is 49.4 Å². The maximum atomic E-state index is 12.5. The minimum absolute atomic E-state index is 0.241. The van der Waals surface area contributed by atoms with Crippen LogP contribution in [0.1, 0.15) is 11.1 Å². The Bertz CT molecular complexity index is 766. The van der Waals surface area contributed by atoms with Crippen LogP contribution < -0.4 is 10.6 Å². The molecular weight excluding hydrogens is 296 g/mol. The van der Waals surface area contributed by atoms with Crippen molar-refractivity contribution in [2.75, 3.05) is 5.32 Å². The number of benzene rings is 2. The standard InChI is InChI=1S/C17H16N2O2S/c1-12-6-8-13(9-7-12)10-19-17(20)16-11-18-14-4-2-3-5-15(14)22(16)21/h2-9,11,18H,10H2,1H3,(H,19,20). The van der Waals surface area contributed by atoms with Gasteiger partial charge < -0.3 is 10.6 Å². The zero-order valence-electron chi connectivity index (χ0n) is 12.1. The van der Waals surface area contributed by atoms with Crippen LogP contribution in [0, 0.1) is 6.92 Å². The van der Waals surface area contributed by atoms with E-state index in [2.05, 4.69) is 10.6 Å². The average Bonchev–Trinajstić information content (AvgIpc) is 2.55. The Balaban J connectivity index is 1.70. The fourth-order valence-electron chi connectivity index (χ4n) is 2.19. The van der Waals surface area contributed by atoms with Crippen LogP contribution in [0.5, 0.6) is 0 Å². The average molecular weight is 312 g/mol. The Hall–Kier alpha value is -2.40. The second kappa shape index (κ2) is 6.15. The molecule has 0 aliphatic carbocycles. The Morgan fingerprint density at radius 2 is 1.86 bits per heavy atom. The SMILES string of the molecule is Cc1ccc(CNC(=O)C2=CNc3ccccc3S2=O)cc1. The third-order valence-electron chi connectivity index (χ3n) is 3.44. The Kier molecular flexibility index (Phi) is 4.06. The molecule has 0 bridgehead atoms. The number of anilines is 1. The highest BCUT2D eigenvalue weighted by molar-refractivity contribution is 7.90. The van der Waals surface area contributed by atoms with Crippen molar-refractivity contribution in [3.8, 4) is 0 Å². The van der Waals surface area contributed by atoms with Gasteiger partial charge in [0.25, 0.3) is 5.91 Å². The molecule has 4 nitrogen and oxygen atoms in total. The molecule has 1 heterocycles. The normalized spacial score (nSPS) is 16.2. The molecule has 22 heavy (non-hydrogen) atoms. The van der Waals surface area contributed by atoms with Crippen molar-refractivity contribution in [3.05, 3.63) is 70.8 Å². The lowest BCUT2D eigenvalue weighted by Gasteiger charge is -2.17. The van der Waals surface area contributed by atoms with Gasteiger partial charge in [-0.05, 0) is 24.6 Å². The van der Waals surface area contributed by atoms with Crippen molar-refractivity contribution < 1.29 is 9.00 Å². The summed E-state index contributed by atoms with van der Waals surface area (Å²) in [5, 5.41) is 5.82. The van der Waals surface area contributed by atoms with Crippen LogP contribution in [0.4, 0.5) is 5.69 Å². The molecule has 0 fully saturated rings. The van der Waals surface area contributed by atoms with E-state index in [0.29, 0.717) is 11.4 Å². The molecule has 1 unspecified atom stereocenters. The first-order valence-corrected chi connectivity index (χ1v) is 8.11. The van der Waals surface area contributed by atoms with E-state index in [-0.39, 0.29) is 10.8 Å². The van der Waals surface area contributed by atoms with Gasteiger partial charge in [-0.1, -0.05) is 42.0 Å². The first-order chi connectivity index (χ1) is 10.6. The van der Waals surface area contributed by atoms with E-state index >= 15 is 0 Å². The zero-order valence-corrected chi connectivity index (χ0v) is 12.9. The van der Waals surface area contributed by atoms with Crippen LogP contribution in [0.25, 0.3) is 0 Å². The fourth-order valence-corrected chi connectivity index (χ4v) is 3.36. The monoisotopic (exact) mass is 312 g/mol. The molecule has 1 amide bonds. The molecule has 2 aromatic carbocycles. The van der Waals surface area contributed by atoms with Gasteiger partial charge in [0.2, 0.25) is 0 Å². The number of para-hydroxylation sites is 1. The molecule has 0 saturated carbocycles. The van der Waals surface area contributed by atoms with Gasteiger partial charge >= 0.3 is 0 Å². The van der Waals surface area contributed by atoms with Crippen LogP contribution in [-0.2, 0) is 22.1 Å². The Morgan fingerprint density at radius 1 is 1.14 bits per heavy atom. The number of fused-ring (bicyclic) bond motifs is 1. The maximum absolute atomic E-state index is 12.5. The van der Waals surface area contributed by atoms with Gasteiger partial charge in [0, 0.05) is 12.7 Å². The van der Waals surface area contributed by atoms with Gasteiger partial charge in [-0.3, -0.25) is 4.79 Å². The summed E-state index contributed by atoms with van der Waals surface area (Å²) in [6.07, 6.45) is 1.52. The lowest BCUT2D eigenvalue weighted by molar-refractivity contribution is -0.117. The Morgan fingerprint density at radius 3 is 2.64 bits per heavy atom. The van der Waals surface area contributed by atoms with E-state index in [1.54, 1.807) is 6.07 Å². The third kappa shape index (κ3) is 2.94. The topological polar surface area (TPSA) is 58.2 Å². The summed E-state index contributed by atoms with van der Waals surface area (Å²) in [7, 11) is -1.46. The number of hydrogen-bond donors (Lipinski definition) is 2. The molecule has 0 saturated heterocycles. The van der Waals surface area contributed by atoms with E-state index < -0.39 is 10.8 Å². The van der Waals surface area contributed by atoms with E-state index in [4.69, 9.17) is 0 Å². The highest BCUT2D eigenvalue weighted by atomic mass is 32.2. The third-order valence-corrected chi connectivity index (χ3v) is 4.90. The predicted octanol–water partition coefficient (Wildman–Crippen LogP) is 2.69. The van der Waals surface area contributed by atoms with Crippen molar-refractivity contribution in [2.45, 2.75) is 18.4 Å². The number of amides is 1. The minimum atomic E-state index is -1.46. The van der Waals surface area contributed by atoms with Crippen molar-refractivity contribution >= 4 is 22.4 Å². The first kappa shape index (κ1) is 14.5. The van der Waals surface area contributed by atoms with E-state index in [9.17, 15) is 9.00 Å². The molecule has 1 atom stereocenters. The van der Waals surface area contributed by atoms with Crippen LogP contribution in [0.2, 0.25) is 0 Å². The summed E-state index contributed by atoms with van der Waals surface area (Å²) < 4.78 is 12.5. The van der Waals surface area contributed by atoms with Crippen LogP contribution >= 0.6 is 0 Å². The summed E-state index contributed by atoms with van der Waals surface area (Å²) in [5.41, 5.74) is 2.96. The number of rotatable bonds is 3. The zero-order chi connectivity index (χ0) is 15.5. The van der Waals surface area contributed by atoms with Gasteiger partial charge in [0.05, 0.1) is 21.4 Å². The second-order valence-electron chi connectivity index (χ2n) is 5.09. The smallest absolute Gasteiger partial charge is 0.262 e. The fraction of sp³-hybridized carbons (Fsp3) is 0.118.